The molecule has 122 valence electrons. The van der Waals surface area contributed by atoms with Crippen LogP contribution in [-0.4, -0.2) is 54.7 Å². The Kier molecular flexibility index (Phi) is 5.08. The zero-order valence-electron chi connectivity index (χ0n) is 13.9. The standard InChI is InChI=1S/C18H24N4S/c1-14-12-15(2)23-13-19-16-6-4-5-7-17(16)20-18(14)22-10-8-21(3)9-11-22/h4-7,12,19H,1,8-11,13H2,2-3H3/b15-12-,20-18+. The largest absolute Gasteiger partial charge is 0.374 e. The molecule has 0 amide bonds. The fraction of sp³-hybridized carbons (Fsp3) is 0.389. The van der Waals surface area contributed by atoms with Gasteiger partial charge < -0.3 is 15.1 Å². The molecule has 23 heavy (non-hydrogen) atoms. The number of nitrogens with one attached hydrogen (secondary N) is 1. The summed E-state index contributed by atoms with van der Waals surface area (Å²) < 4.78 is 0. The third kappa shape index (κ3) is 3.98. The Balaban J connectivity index is 1.99. The Labute approximate surface area is 143 Å². The molecule has 0 saturated carbocycles. The van der Waals surface area contributed by atoms with Gasteiger partial charge in [-0.2, -0.15) is 0 Å². The summed E-state index contributed by atoms with van der Waals surface area (Å²) in [5.41, 5.74) is 3.06. The van der Waals surface area contributed by atoms with Crippen LogP contribution < -0.4 is 5.32 Å². The van der Waals surface area contributed by atoms with Gasteiger partial charge in [0.2, 0.25) is 0 Å². The molecule has 0 radical (unpaired) electrons. The second-order valence-electron chi connectivity index (χ2n) is 5.99. The molecule has 0 unspecified atom stereocenters. The van der Waals surface area contributed by atoms with E-state index < -0.39 is 0 Å². The molecule has 1 N–H and O–H groups in total. The predicted octanol–water partition coefficient (Wildman–Crippen LogP) is 3.54. The SMILES string of the molecule is C=C1/C=C(/C)SCNc2ccccc2/N=C\1N1CCN(C)CC1. The van der Waals surface area contributed by atoms with Gasteiger partial charge in [-0.25, -0.2) is 4.99 Å². The Morgan fingerprint density at radius 1 is 1.17 bits per heavy atom. The monoisotopic (exact) mass is 328 g/mol. The number of piperazine rings is 1. The molecular formula is C18H24N4S. The van der Waals surface area contributed by atoms with Gasteiger partial charge in [0.05, 0.1) is 17.3 Å². The second kappa shape index (κ2) is 7.23. The van der Waals surface area contributed by atoms with E-state index in [1.165, 1.54) is 4.91 Å². The Hall–Kier alpha value is -1.72. The lowest BCUT2D eigenvalue weighted by Crippen LogP contribution is -2.47. The summed E-state index contributed by atoms with van der Waals surface area (Å²) in [6.45, 7) is 10.5. The van der Waals surface area contributed by atoms with E-state index in [2.05, 4.69) is 53.9 Å². The maximum absolute atomic E-state index is 4.97. The predicted molar refractivity (Wildman–Crippen MR) is 102 cm³/mol. The van der Waals surface area contributed by atoms with Gasteiger partial charge in [0.1, 0.15) is 5.84 Å². The summed E-state index contributed by atoms with van der Waals surface area (Å²) in [4.78, 5) is 10.9. The summed E-state index contributed by atoms with van der Waals surface area (Å²) in [5.74, 6) is 1.83. The van der Waals surface area contributed by atoms with E-state index in [0.29, 0.717) is 0 Å². The number of anilines is 1. The summed E-state index contributed by atoms with van der Waals surface area (Å²) in [6.07, 6.45) is 2.15. The van der Waals surface area contributed by atoms with Crippen molar-refractivity contribution in [2.75, 3.05) is 44.4 Å². The minimum atomic E-state index is 0.839. The average Bonchev–Trinajstić information content (AvgIpc) is 2.54. The highest BCUT2D eigenvalue weighted by Crippen LogP contribution is 2.29. The van der Waals surface area contributed by atoms with Crippen molar-refractivity contribution in [1.29, 1.82) is 0 Å². The van der Waals surface area contributed by atoms with Gasteiger partial charge in [0, 0.05) is 31.8 Å². The molecule has 1 fully saturated rings. The number of likely N-dealkylation sites (N-methyl/N-ethyl adjacent to an activating group) is 1. The van der Waals surface area contributed by atoms with Crippen molar-refractivity contribution in [1.82, 2.24) is 9.80 Å². The molecule has 1 saturated heterocycles. The van der Waals surface area contributed by atoms with Gasteiger partial charge in [-0.05, 0) is 37.1 Å². The fourth-order valence-electron chi connectivity index (χ4n) is 2.78. The van der Waals surface area contributed by atoms with Gasteiger partial charge in [-0.1, -0.05) is 18.7 Å². The average molecular weight is 328 g/mol. The summed E-state index contributed by atoms with van der Waals surface area (Å²) in [5, 5.41) is 3.47. The van der Waals surface area contributed by atoms with Crippen molar-refractivity contribution in [3.05, 3.63) is 47.4 Å². The van der Waals surface area contributed by atoms with Gasteiger partial charge >= 0.3 is 0 Å². The van der Waals surface area contributed by atoms with Crippen LogP contribution in [0.1, 0.15) is 6.92 Å². The van der Waals surface area contributed by atoms with Crippen molar-refractivity contribution in [3.63, 3.8) is 0 Å². The Morgan fingerprint density at radius 3 is 2.70 bits per heavy atom. The first-order chi connectivity index (χ1) is 11.1. The third-order valence-electron chi connectivity index (χ3n) is 4.16. The minimum absolute atomic E-state index is 0.839. The van der Waals surface area contributed by atoms with Gasteiger partial charge in [0.15, 0.2) is 0 Å². The molecule has 4 nitrogen and oxygen atoms in total. The normalized spacial score (nSPS) is 24.8. The number of fused-ring (bicyclic) bond motifs is 1. The number of allylic oxidation sites excluding steroid dienone is 1. The highest BCUT2D eigenvalue weighted by Gasteiger charge is 2.20. The van der Waals surface area contributed by atoms with E-state index in [1.54, 1.807) is 11.8 Å². The van der Waals surface area contributed by atoms with Crippen LogP contribution in [0.5, 0.6) is 0 Å². The zero-order valence-corrected chi connectivity index (χ0v) is 14.7. The fourth-order valence-corrected chi connectivity index (χ4v) is 3.46. The van der Waals surface area contributed by atoms with Crippen LogP contribution >= 0.6 is 11.8 Å². The lowest BCUT2D eigenvalue weighted by molar-refractivity contribution is 0.216. The highest BCUT2D eigenvalue weighted by molar-refractivity contribution is 8.03. The lowest BCUT2D eigenvalue weighted by atomic mass is 10.2. The number of thioether (sulfide) groups is 1. The highest BCUT2D eigenvalue weighted by atomic mass is 32.2. The summed E-state index contributed by atoms with van der Waals surface area (Å²) in [6, 6.07) is 8.23. The minimum Gasteiger partial charge on any atom is -0.374 e. The first kappa shape index (κ1) is 16.1. The van der Waals surface area contributed by atoms with Gasteiger partial charge in [-0.3, -0.25) is 0 Å². The van der Waals surface area contributed by atoms with Crippen LogP contribution in [0.15, 0.2) is 52.4 Å². The van der Waals surface area contributed by atoms with Crippen LogP contribution in [-0.2, 0) is 0 Å². The first-order valence-electron chi connectivity index (χ1n) is 7.99. The molecule has 1 aromatic carbocycles. The molecule has 0 spiro atoms. The van der Waals surface area contributed by atoms with E-state index in [0.717, 1.165) is 54.8 Å². The molecule has 1 aromatic rings. The number of nitrogens with zero attached hydrogens (tertiary/aromatic N) is 3. The van der Waals surface area contributed by atoms with E-state index >= 15 is 0 Å². The molecule has 0 atom stereocenters. The maximum atomic E-state index is 4.97. The molecule has 0 bridgehead atoms. The van der Waals surface area contributed by atoms with E-state index in [4.69, 9.17) is 4.99 Å². The smallest absolute Gasteiger partial charge is 0.136 e. The number of para-hydroxylation sites is 2. The number of hydrogen-bond acceptors (Lipinski definition) is 5. The molecule has 3 rings (SSSR count). The summed E-state index contributed by atoms with van der Waals surface area (Å²) in [7, 11) is 2.17. The van der Waals surface area contributed by atoms with Crippen LogP contribution in [0.4, 0.5) is 11.4 Å². The zero-order chi connectivity index (χ0) is 16.2. The van der Waals surface area contributed by atoms with Crippen molar-refractivity contribution >= 4 is 29.0 Å². The van der Waals surface area contributed by atoms with E-state index in [-0.39, 0.29) is 0 Å². The van der Waals surface area contributed by atoms with Gasteiger partial charge in [-0.15, -0.1) is 11.8 Å². The quantitative estimate of drug-likeness (QED) is 0.789. The maximum Gasteiger partial charge on any atom is 0.136 e. The van der Waals surface area contributed by atoms with E-state index in [1.807, 2.05) is 12.1 Å². The van der Waals surface area contributed by atoms with Crippen LogP contribution in [0.2, 0.25) is 0 Å². The molecule has 2 aliphatic rings. The van der Waals surface area contributed by atoms with Crippen molar-refractivity contribution in [3.8, 4) is 0 Å². The lowest BCUT2D eigenvalue weighted by Gasteiger charge is -2.35. The van der Waals surface area contributed by atoms with E-state index in [9.17, 15) is 0 Å². The van der Waals surface area contributed by atoms with Crippen LogP contribution in [0.3, 0.4) is 0 Å². The number of benzene rings is 1. The molecule has 5 heteroatoms. The number of rotatable bonds is 0. The molecule has 2 aliphatic heterocycles. The molecule has 0 aromatic heterocycles. The van der Waals surface area contributed by atoms with Gasteiger partial charge in [0.25, 0.3) is 0 Å². The number of amidine groups is 1. The van der Waals surface area contributed by atoms with Crippen molar-refractivity contribution < 1.29 is 0 Å². The van der Waals surface area contributed by atoms with Crippen molar-refractivity contribution in [2.24, 2.45) is 4.99 Å². The molecule has 0 aliphatic carbocycles. The Bertz CT molecular complexity index is 642. The molecular weight excluding hydrogens is 304 g/mol. The number of hydrogen-bond donors (Lipinski definition) is 1. The topological polar surface area (TPSA) is 30.9 Å². The van der Waals surface area contributed by atoms with Crippen LogP contribution in [0.25, 0.3) is 0 Å². The third-order valence-corrected chi connectivity index (χ3v) is 5.02. The first-order valence-corrected chi connectivity index (χ1v) is 8.97. The summed E-state index contributed by atoms with van der Waals surface area (Å²) >= 11 is 1.80. The van der Waals surface area contributed by atoms with Crippen LogP contribution in [0, 0.1) is 0 Å². The Morgan fingerprint density at radius 2 is 1.91 bits per heavy atom. The van der Waals surface area contributed by atoms with Crippen molar-refractivity contribution in [2.45, 2.75) is 6.92 Å². The molecule has 2 heterocycles. The second-order valence-corrected chi connectivity index (χ2v) is 7.21. The number of aliphatic imine (C=N–C) groups is 1.